The molecule has 2 aromatic heterocycles. The summed E-state index contributed by atoms with van der Waals surface area (Å²) in [4.78, 5) is 16.5. The Morgan fingerprint density at radius 2 is 1.96 bits per heavy atom. The van der Waals surface area contributed by atoms with Gasteiger partial charge in [0.15, 0.2) is 11.2 Å². The summed E-state index contributed by atoms with van der Waals surface area (Å²) in [6, 6.07) is 5.80. The van der Waals surface area contributed by atoms with E-state index in [-0.39, 0.29) is 16.8 Å². The Kier molecular flexibility index (Phi) is 5.15. The lowest BCUT2D eigenvalue weighted by molar-refractivity contribution is -0.277. The van der Waals surface area contributed by atoms with Crippen LogP contribution in [-0.4, -0.2) is 62.7 Å². The van der Waals surface area contributed by atoms with Gasteiger partial charge >= 0.3 is 0 Å². The second-order valence-electron chi connectivity index (χ2n) is 6.32. The second kappa shape index (κ2) is 7.59. The zero-order valence-electron chi connectivity index (χ0n) is 14.3. The molecule has 3 aromatic rings. The average molecular weight is 407 g/mol. The molecule has 0 saturated carbocycles. The van der Waals surface area contributed by atoms with Gasteiger partial charge in [0.1, 0.15) is 41.4 Å². The van der Waals surface area contributed by atoms with Crippen molar-refractivity contribution in [1.82, 2.24) is 4.98 Å². The molecule has 3 heterocycles. The number of hydrogen-bond acceptors (Lipinski definition) is 10. The summed E-state index contributed by atoms with van der Waals surface area (Å²) < 4.78 is 16.6. The fourth-order valence-corrected chi connectivity index (χ4v) is 3.51. The van der Waals surface area contributed by atoms with Gasteiger partial charge in [-0.2, -0.15) is 0 Å². The molecule has 1 aliphatic heterocycles. The number of aliphatic hydroxyl groups is 4. The lowest BCUT2D eigenvalue weighted by Crippen LogP contribution is -2.60. The molecule has 9 nitrogen and oxygen atoms in total. The van der Waals surface area contributed by atoms with Gasteiger partial charge in [-0.25, -0.2) is 4.98 Å². The number of hydrogen-bond donors (Lipinski definition) is 4. The van der Waals surface area contributed by atoms with E-state index in [1.165, 1.54) is 35.6 Å². The van der Waals surface area contributed by atoms with Gasteiger partial charge in [-0.3, -0.25) is 4.79 Å². The Morgan fingerprint density at radius 3 is 2.68 bits per heavy atom. The van der Waals surface area contributed by atoms with Crippen molar-refractivity contribution in [3.8, 4) is 17.2 Å². The highest BCUT2D eigenvalue weighted by atomic mass is 32.1. The molecule has 5 atom stereocenters. The van der Waals surface area contributed by atoms with Gasteiger partial charge in [0.05, 0.1) is 17.5 Å². The van der Waals surface area contributed by atoms with Crippen molar-refractivity contribution in [2.75, 3.05) is 6.61 Å². The van der Waals surface area contributed by atoms with E-state index in [9.17, 15) is 25.2 Å². The zero-order chi connectivity index (χ0) is 19.8. The monoisotopic (exact) mass is 407 g/mol. The van der Waals surface area contributed by atoms with Crippen LogP contribution in [0.5, 0.6) is 5.75 Å². The molecule has 10 heteroatoms. The predicted octanol–water partition coefficient (Wildman–Crippen LogP) is 0.0952. The summed E-state index contributed by atoms with van der Waals surface area (Å²) in [5, 5.41) is 41.1. The van der Waals surface area contributed by atoms with Crippen molar-refractivity contribution in [1.29, 1.82) is 0 Å². The Hall–Kier alpha value is -2.34. The van der Waals surface area contributed by atoms with Crippen LogP contribution in [0.3, 0.4) is 0 Å². The standard InChI is InChI=1S/C18H17NO8S/c20-5-14-15(22)16(23)17(24)18(27-14)25-8-1-2-9-11(21)4-13(26-12(9)3-8)10-6-28-7-19-10/h1-4,6-7,14-18,20,22-24H,5H2/t14-,15+,16+,17-,18-/m0/s1. The molecule has 0 unspecified atom stereocenters. The van der Waals surface area contributed by atoms with Crippen LogP contribution in [0.1, 0.15) is 0 Å². The molecule has 4 N–H and O–H groups in total. The minimum atomic E-state index is -1.55. The summed E-state index contributed by atoms with van der Waals surface area (Å²) in [7, 11) is 0. The van der Waals surface area contributed by atoms with Crippen LogP contribution in [0.15, 0.2) is 44.4 Å². The highest BCUT2D eigenvalue weighted by Gasteiger charge is 2.44. The Bertz CT molecular complexity index is 1020. The first kappa shape index (κ1) is 19.0. The summed E-state index contributed by atoms with van der Waals surface area (Å²) in [6.07, 6.45) is -6.98. The molecule has 0 bridgehead atoms. The van der Waals surface area contributed by atoms with Crippen LogP contribution in [0.4, 0.5) is 0 Å². The van der Waals surface area contributed by atoms with Crippen LogP contribution in [0.25, 0.3) is 22.4 Å². The second-order valence-corrected chi connectivity index (χ2v) is 7.04. The van der Waals surface area contributed by atoms with Crippen molar-refractivity contribution in [2.24, 2.45) is 0 Å². The van der Waals surface area contributed by atoms with Crippen molar-refractivity contribution < 1.29 is 34.3 Å². The Morgan fingerprint density at radius 1 is 1.14 bits per heavy atom. The minimum absolute atomic E-state index is 0.204. The van der Waals surface area contributed by atoms with Gasteiger partial charge in [-0.15, -0.1) is 11.3 Å². The molecule has 4 rings (SSSR count). The van der Waals surface area contributed by atoms with Crippen molar-refractivity contribution in [3.63, 3.8) is 0 Å². The number of aliphatic hydroxyl groups excluding tert-OH is 4. The number of benzene rings is 1. The van der Waals surface area contributed by atoms with Gasteiger partial charge in [0, 0.05) is 17.5 Å². The van der Waals surface area contributed by atoms with E-state index in [4.69, 9.17) is 13.9 Å². The first-order chi connectivity index (χ1) is 13.5. The van der Waals surface area contributed by atoms with E-state index in [1.807, 2.05) is 0 Å². The molecule has 0 radical (unpaired) electrons. The van der Waals surface area contributed by atoms with Crippen LogP contribution in [0.2, 0.25) is 0 Å². The van der Waals surface area contributed by atoms with Crippen LogP contribution >= 0.6 is 11.3 Å². The molecule has 1 aliphatic rings. The molecule has 1 saturated heterocycles. The number of aromatic nitrogens is 1. The number of thiazole rings is 1. The highest BCUT2D eigenvalue weighted by molar-refractivity contribution is 7.07. The van der Waals surface area contributed by atoms with Gasteiger partial charge in [0.2, 0.25) is 6.29 Å². The van der Waals surface area contributed by atoms with E-state index >= 15 is 0 Å². The smallest absolute Gasteiger partial charge is 0.229 e. The van der Waals surface area contributed by atoms with Gasteiger partial charge in [0.25, 0.3) is 0 Å². The van der Waals surface area contributed by atoms with Gasteiger partial charge in [-0.05, 0) is 12.1 Å². The Labute approximate surface area is 162 Å². The van der Waals surface area contributed by atoms with Gasteiger partial charge < -0.3 is 34.3 Å². The topological polar surface area (TPSA) is 142 Å². The van der Waals surface area contributed by atoms with E-state index < -0.39 is 37.3 Å². The first-order valence-electron chi connectivity index (χ1n) is 8.41. The molecule has 0 amide bonds. The summed E-state index contributed by atoms with van der Waals surface area (Å²) in [6.45, 7) is -0.561. The quantitative estimate of drug-likeness (QED) is 0.473. The van der Waals surface area contributed by atoms with E-state index in [0.29, 0.717) is 16.8 Å². The molecule has 1 fully saturated rings. The molecule has 148 valence electrons. The van der Waals surface area contributed by atoms with E-state index in [2.05, 4.69) is 4.98 Å². The fourth-order valence-electron chi connectivity index (χ4n) is 2.97. The molecular formula is C18H17NO8S. The van der Waals surface area contributed by atoms with Crippen LogP contribution in [-0.2, 0) is 4.74 Å². The summed E-state index contributed by atoms with van der Waals surface area (Å²) >= 11 is 1.37. The maximum absolute atomic E-state index is 12.3. The maximum Gasteiger partial charge on any atom is 0.229 e. The molecule has 0 spiro atoms. The largest absolute Gasteiger partial charge is 0.462 e. The molecular weight excluding hydrogens is 390 g/mol. The predicted molar refractivity (Wildman–Crippen MR) is 98.0 cm³/mol. The summed E-state index contributed by atoms with van der Waals surface area (Å²) in [5.41, 5.74) is 2.16. The molecule has 28 heavy (non-hydrogen) atoms. The number of fused-ring (bicyclic) bond motifs is 1. The maximum atomic E-state index is 12.3. The zero-order valence-corrected chi connectivity index (χ0v) is 15.2. The van der Waals surface area contributed by atoms with E-state index in [0.717, 1.165) is 0 Å². The number of ether oxygens (including phenoxy) is 2. The number of nitrogens with zero attached hydrogens (tertiary/aromatic N) is 1. The van der Waals surface area contributed by atoms with Crippen LogP contribution < -0.4 is 10.2 Å². The minimum Gasteiger partial charge on any atom is -0.462 e. The average Bonchev–Trinajstić information content (AvgIpc) is 3.23. The lowest BCUT2D eigenvalue weighted by Gasteiger charge is -2.39. The third-order valence-corrected chi connectivity index (χ3v) is 5.07. The van der Waals surface area contributed by atoms with E-state index in [1.54, 1.807) is 10.9 Å². The van der Waals surface area contributed by atoms with Gasteiger partial charge in [-0.1, -0.05) is 0 Å². The third-order valence-electron chi connectivity index (χ3n) is 4.49. The summed E-state index contributed by atoms with van der Waals surface area (Å²) in [5.74, 6) is 0.513. The van der Waals surface area contributed by atoms with Crippen molar-refractivity contribution >= 4 is 22.3 Å². The van der Waals surface area contributed by atoms with Crippen molar-refractivity contribution in [3.05, 3.63) is 45.4 Å². The Balaban J connectivity index is 1.65. The first-order valence-corrected chi connectivity index (χ1v) is 9.36. The lowest BCUT2D eigenvalue weighted by atomic mass is 9.99. The fraction of sp³-hybridized carbons (Fsp3) is 0.333. The third kappa shape index (κ3) is 3.41. The number of rotatable bonds is 4. The SMILES string of the molecule is O=c1cc(-c2cscn2)oc2cc(O[C@H]3O[C@@H](CO)[C@@H](O)[C@@H](O)[C@@H]3O)ccc12. The molecule has 1 aromatic carbocycles. The molecule has 0 aliphatic carbocycles. The van der Waals surface area contributed by atoms with Crippen LogP contribution in [0, 0.1) is 0 Å². The normalized spacial score (nSPS) is 27.8. The van der Waals surface area contributed by atoms with Crippen molar-refractivity contribution in [2.45, 2.75) is 30.7 Å². The highest BCUT2D eigenvalue weighted by Crippen LogP contribution is 2.28.